The van der Waals surface area contributed by atoms with E-state index in [9.17, 15) is 4.79 Å². The van der Waals surface area contributed by atoms with Crippen LogP contribution in [-0.4, -0.2) is 19.0 Å². The Kier molecular flexibility index (Phi) is 7.23. The number of carbonyl (C=O) groups is 1. The first-order chi connectivity index (χ1) is 12.8. The smallest absolute Gasteiger partial charge is 0.220 e. The van der Waals surface area contributed by atoms with Gasteiger partial charge in [-0.25, -0.2) is 0 Å². The maximum atomic E-state index is 12.0. The average molecular weight is 352 g/mol. The van der Waals surface area contributed by atoms with Crippen molar-refractivity contribution < 1.29 is 9.53 Å². The lowest BCUT2D eigenvalue weighted by Gasteiger charge is -2.09. The highest BCUT2D eigenvalue weighted by atomic mass is 16.5. The van der Waals surface area contributed by atoms with Gasteiger partial charge in [0.05, 0.1) is 13.2 Å². The first-order valence-corrected chi connectivity index (χ1v) is 9.46. The zero-order valence-corrected chi connectivity index (χ0v) is 15.2. The van der Waals surface area contributed by atoms with Crippen molar-refractivity contribution in [1.29, 1.82) is 0 Å². The van der Waals surface area contributed by atoms with E-state index in [0.29, 0.717) is 32.1 Å². The van der Waals surface area contributed by atoms with Gasteiger partial charge in [0.25, 0.3) is 0 Å². The number of carbonyl (C=O) groups excluding carboxylic acids is 1. The molecule has 1 aliphatic rings. The third kappa shape index (κ3) is 6.28. The third-order valence-electron chi connectivity index (χ3n) is 4.83. The van der Waals surface area contributed by atoms with Crippen LogP contribution in [0.4, 0.5) is 0 Å². The van der Waals surface area contributed by atoms with E-state index in [2.05, 4.69) is 47.0 Å². The first kappa shape index (κ1) is 18.6. The highest BCUT2D eigenvalue weighted by Crippen LogP contribution is 2.14. The van der Waals surface area contributed by atoms with Crippen LogP contribution < -0.4 is 10.6 Å². The summed E-state index contributed by atoms with van der Waals surface area (Å²) in [6, 6.07) is 18.4. The van der Waals surface area contributed by atoms with Crippen molar-refractivity contribution in [3.63, 3.8) is 0 Å². The molecule has 1 fully saturated rings. The predicted molar refractivity (Wildman–Crippen MR) is 103 cm³/mol. The molecule has 0 aromatic heterocycles. The van der Waals surface area contributed by atoms with Gasteiger partial charge in [0.15, 0.2) is 0 Å². The molecule has 0 spiro atoms. The van der Waals surface area contributed by atoms with Gasteiger partial charge in [0.1, 0.15) is 0 Å². The maximum Gasteiger partial charge on any atom is 0.220 e. The highest BCUT2D eigenvalue weighted by molar-refractivity contribution is 5.75. The molecule has 26 heavy (non-hydrogen) atoms. The van der Waals surface area contributed by atoms with Crippen LogP contribution >= 0.6 is 0 Å². The summed E-state index contributed by atoms with van der Waals surface area (Å²) in [6.07, 6.45) is 2.80. The molecule has 2 aromatic rings. The summed E-state index contributed by atoms with van der Waals surface area (Å²) in [5.41, 5.74) is 3.44. The summed E-state index contributed by atoms with van der Waals surface area (Å²) in [6.45, 7) is 3.95. The van der Waals surface area contributed by atoms with Gasteiger partial charge < -0.3 is 15.4 Å². The second kappa shape index (κ2) is 10.1. The molecule has 0 aliphatic carbocycles. The Morgan fingerprint density at radius 3 is 2.38 bits per heavy atom. The van der Waals surface area contributed by atoms with Gasteiger partial charge >= 0.3 is 0 Å². The highest BCUT2D eigenvalue weighted by Gasteiger charge is 2.15. The Labute approximate surface area is 156 Å². The minimum atomic E-state index is 0.146. The molecule has 0 radical (unpaired) electrons. The average Bonchev–Trinajstić information content (AvgIpc) is 3.20. The van der Waals surface area contributed by atoms with E-state index in [0.717, 1.165) is 30.6 Å². The lowest BCUT2D eigenvalue weighted by molar-refractivity contribution is -0.121. The van der Waals surface area contributed by atoms with Crippen molar-refractivity contribution in [2.75, 3.05) is 13.1 Å². The van der Waals surface area contributed by atoms with Crippen LogP contribution in [0.25, 0.3) is 0 Å². The largest absolute Gasteiger partial charge is 0.372 e. The van der Waals surface area contributed by atoms with E-state index < -0.39 is 0 Å². The van der Waals surface area contributed by atoms with Gasteiger partial charge in [-0.3, -0.25) is 4.79 Å². The fourth-order valence-electron chi connectivity index (χ4n) is 3.20. The summed E-state index contributed by atoms with van der Waals surface area (Å²) in [5, 5.41) is 6.36. The zero-order valence-electron chi connectivity index (χ0n) is 15.2. The molecule has 4 heteroatoms. The second-order valence-electron chi connectivity index (χ2n) is 6.97. The number of amides is 1. The number of ether oxygens (including phenoxy) is 1. The van der Waals surface area contributed by atoms with Crippen LogP contribution in [-0.2, 0) is 29.3 Å². The van der Waals surface area contributed by atoms with Gasteiger partial charge in [0.2, 0.25) is 5.91 Å². The van der Waals surface area contributed by atoms with E-state index in [1.54, 1.807) is 0 Å². The van der Waals surface area contributed by atoms with E-state index >= 15 is 0 Å². The minimum Gasteiger partial charge on any atom is -0.372 e. The number of benzene rings is 2. The summed E-state index contributed by atoms with van der Waals surface area (Å²) in [4.78, 5) is 12.0. The molecule has 1 amide bonds. The molecule has 3 rings (SSSR count). The summed E-state index contributed by atoms with van der Waals surface area (Å²) >= 11 is 0. The molecule has 1 atom stereocenters. The molecule has 4 nitrogen and oxygen atoms in total. The molecular formula is C22H28N2O2. The van der Waals surface area contributed by atoms with Crippen LogP contribution in [0, 0.1) is 5.92 Å². The number of nitrogens with one attached hydrogen (secondary N) is 2. The van der Waals surface area contributed by atoms with Crippen molar-refractivity contribution in [3.05, 3.63) is 71.3 Å². The van der Waals surface area contributed by atoms with Gasteiger partial charge in [-0.1, -0.05) is 54.6 Å². The molecule has 0 bridgehead atoms. The van der Waals surface area contributed by atoms with Crippen LogP contribution in [0.15, 0.2) is 54.6 Å². The van der Waals surface area contributed by atoms with Crippen LogP contribution in [0.5, 0.6) is 0 Å². The Bertz CT molecular complexity index is 664. The van der Waals surface area contributed by atoms with E-state index in [1.165, 1.54) is 12.0 Å². The van der Waals surface area contributed by atoms with Crippen molar-refractivity contribution in [2.24, 2.45) is 5.92 Å². The molecule has 2 N–H and O–H groups in total. The van der Waals surface area contributed by atoms with Crippen LogP contribution in [0.3, 0.4) is 0 Å². The Balaban J connectivity index is 1.33. The summed E-state index contributed by atoms with van der Waals surface area (Å²) in [5.74, 6) is 0.808. The second-order valence-corrected chi connectivity index (χ2v) is 6.97. The molecule has 1 aliphatic heterocycles. The standard InChI is InChI=1S/C22H28N2O2/c25-22(11-10-19-12-13-23-14-19)24-15-18-6-8-21(9-7-18)17-26-16-20-4-2-1-3-5-20/h1-9,19,23H,10-17H2,(H,24,25). The third-order valence-corrected chi connectivity index (χ3v) is 4.83. The monoisotopic (exact) mass is 352 g/mol. The molecule has 2 aromatic carbocycles. The Morgan fingerprint density at radius 1 is 1.00 bits per heavy atom. The molecule has 0 saturated carbocycles. The van der Waals surface area contributed by atoms with Gasteiger partial charge in [-0.15, -0.1) is 0 Å². The quantitative estimate of drug-likeness (QED) is 0.727. The maximum absolute atomic E-state index is 12.0. The van der Waals surface area contributed by atoms with E-state index in [4.69, 9.17) is 4.74 Å². The van der Waals surface area contributed by atoms with Gasteiger partial charge in [0, 0.05) is 13.0 Å². The van der Waals surface area contributed by atoms with E-state index in [-0.39, 0.29) is 5.91 Å². The molecule has 1 saturated heterocycles. The normalized spacial score (nSPS) is 16.5. The fourth-order valence-corrected chi connectivity index (χ4v) is 3.20. The Morgan fingerprint density at radius 2 is 1.69 bits per heavy atom. The zero-order chi connectivity index (χ0) is 18.0. The Hall–Kier alpha value is -2.17. The van der Waals surface area contributed by atoms with Crippen molar-refractivity contribution in [3.8, 4) is 0 Å². The molecule has 1 unspecified atom stereocenters. The first-order valence-electron chi connectivity index (χ1n) is 9.46. The van der Waals surface area contributed by atoms with Crippen LogP contribution in [0.1, 0.15) is 36.0 Å². The van der Waals surface area contributed by atoms with Gasteiger partial charge in [-0.2, -0.15) is 0 Å². The molecular weight excluding hydrogens is 324 g/mol. The summed E-state index contributed by atoms with van der Waals surface area (Å²) < 4.78 is 5.75. The van der Waals surface area contributed by atoms with Crippen molar-refractivity contribution in [2.45, 2.75) is 39.0 Å². The topological polar surface area (TPSA) is 50.4 Å². The number of hydrogen-bond donors (Lipinski definition) is 2. The predicted octanol–water partition coefficient (Wildman–Crippen LogP) is 3.41. The fraction of sp³-hybridized carbons (Fsp3) is 0.409. The molecule has 138 valence electrons. The minimum absolute atomic E-state index is 0.146. The lowest BCUT2D eigenvalue weighted by atomic mass is 10.0. The number of rotatable bonds is 9. The van der Waals surface area contributed by atoms with E-state index in [1.807, 2.05) is 18.2 Å². The number of hydrogen-bond acceptors (Lipinski definition) is 3. The lowest BCUT2D eigenvalue weighted by Crippen LogP contribution is -2.23. The van der Waals surface area contributed by atoms with Crippen molar-refractivity contribution in [1.82, 2.24) is 10.6 Å². The van der Waals surface area contributed by atoms with Crippen LogP contribution in [0.2, 0.25) is 0 Å². The van der Waals surface area contributed by atoms with Crippen molar-refractivity contribution >= 4 is 5.91 Å². The molecule has 1 heterocycles. The SMILES string of the molecule is O=C(CCC1CCNC1)NCc1ccc(COCc2ccccc2)cc1. The van der Waals surface area contributed by atoms with Gasteiger partial charge in [-0.05, 0) is 48.5 Å². The summed E-state index contributed by atoms with van der Waals surface area (Å²) in [7, 11) is 0.